The molecule has 140 valence electrons. The van der Waals surface area contributed by atoms with Gasteiger partial charge in [-0.3, -0.25) is 14.9 Å². The molecule has 0 unspecified atom stereocenters. The molecule has 26 heavy (non-hydrogen) atoms. The minimum atomic E-state index is -4.43. The van der Waals surface area contributed by atoms with Gasteiger partial charge in [-0.05, 0) is 25.5 Å². The van der Waals surface area contributed by atoms with Crippen LogP contribution in [0, 0.1) is 17.0 Å². The number of amides is 1. The fourth-order valence-electron chi connectivity index (χ4n) is 2.03. The SMILES string of the molecule is Cc1sc(C(=O)NCCCNc2ccc(C(F)(F)F)cn2)cc1[N+](=O)[O-]. The molecule has 0 aromatic carbocycles. The van der Waals surface area contributed by atoms with Crippen molar-refractivity contribution in [1.82, 2.24) is 10.3 Å². The van der Waals surface area contributed by atoms with Crippen molar-refractivity contribution >= 4 is 28.7 Å². The van der Waals surface area contributed by atoms with Crippen molar-refractivity contribution in [3.8, 4) is 0 Å². The summed E-state index contributed by atoms with van der Waals surface area (Å²) in [5.41, 5.74) is -0.911. The van der Waals surface area contributed by atoms with E-state index in [1.807, 2.05) is 0 Å². The van der Waals surface area contributed by atoms with E-state index in [1.54, 1.807) is 6.92 Å². The molecule has 0 aliphatic rings. The molecule has 0 spiro atoms. The molecular formula is C15H15F3N4O3S. The first-order valence-electron chi connectivity index (χ1n) is 7.48. The van der Waals surface area contributed by atoms with Gasteiger partial charge in [-0.1, -0.05) is 0 Å². The van der Waals surface area contributed by atoms with Crippen LogP contribution in [-0.4, -0.2) is 28.9 Å². The minimum absolute atomic E-state index is 0.0878. The summed E-state index contributed by atoms with van der Waals surface area (Å²) in [7, 11) is 0. The highest BCUT2D eigenvalue weighted by Crippen LogP contribution is 2.29. The van der Waals surface area contributed by atoms with Gasteiger partial charge in [0.25, 0.3) is 11.6 Å². The number of anilines is 1. The summed E-state index contributed by atoms with van der Waals surface area (Å²) in [6.45, 7) is 2.26. The molecule has 0 aliphatic carbocycles. The lowest BCUT2D eigenvalue weighted by Gasteiger charge is -2.09. The predicted molar refractivity (Wildman–Crippen MR) is 90.4 cm³/mol. The van der Waals surface area contributed by atoms with Gasteiger partial charge in [0.05, 0.1) is 20.2 Å². The molecule has 2 heterocycles. The van der Waals surface area contributed by atoms with Crippen LogP contribution in [-0.2, 0) is 6.18 Å². The molecule has 7 nitrogen and oxygen atoms in total. The van der Waals surface area contributed by atoms with Gasteiger partial charge in [-0.15, -0.1) is 11.3 Å². The Hall–Kier alpha value is -2.69. The molecule has 2 N–H and O–H groups in total. The number of carbonyl (C=O) groups excluding carboxylic acids is 1. The van der Waals surface area contributed by atoms with Crippen LogP contribution in [0.15, 0.2) is 24.4 Å². The number of halogens is 3. The quantitative estimate of drug-likeness (QED) is 0.429. The highest BCUT2D eigenvalue weighted by molar-refractivity contribution is 7.14. The molecule has 1 amide bonds. The van der Waals surface area contributed by atoms with Crippen molar-refractivity contribution in [1.29, 1.82) is 0 Å². The van der Waals surface area contributed by atoms with Crippen LogP contribution in [0.2, 0.25) is 0 Å². The third-order valence-corrected chi connectivity index (χ3v) is 4.39. The van der Waals surface area contributed by atoms with Crippen LogP contribution in [0.3, 0.4) is 0 Å². The summed E-state index contributed by atoms with van der Waals surface area (Å²) in [5, 5.41) is 16.3. The van der Waals surface area contributed by atoms with Crippen LogP contribution < -0.4 is 10.6 Å². The van der Waals surface area contributed by atoms with Crippen molar-refractivity contribution in [2.24, 2.45) is 0 Å². The van der Waals surface area contributed by atoms with Gasteiger partial charge in [0.2, 0.25) is 0 Å². The lowest BCUT2D eigenvalue weighted by Crippen LogP contribution is -2.25. The number of aromatic nitrogens is 1. The third kappa shape index (κ3) is 5.15. The average Bonchev–Trinajstić information content (AvgIpc) is 2.96. The van der Waals surface area contributed by atoms with Crippen molar-refractivity contribution < 1.29 is 22.9 Å². The predicted octanol–water partition coefficient (Wildman–Crippen LogP) is 3.61. The Kier molecular flexibility index (Phi) is 6.14. The van der Waals surface area contributed by atoms with Gasteiger partial charge in [0, 0.05) is 25.4 Å². The Morgan fingerprint density at radius 2 is 2.08 bits per heavy atom. The van der Waals surface area contributed by atoms with Gasteiger partial charge in [-0.25, -0.2) is 4.98 Å². The molecule has 2 aromatic rings. The number of nitrogens with one attached hydrogen (secondary N) is 2. The highest BCUT2D eigenvalue weighted by Gasteiger charge is 2.30. The van der Waals surface area contributed by atoms with E-state index in [4.69, 9.17) is 0 Å². The Labute approximate surface area is 150 Å². The highest BCUT2D eigenvalue weighted by atomic mass is 32.1. The number of thiophene rings is 1. The molecular weight excluding hydrogens is 373 g/mol. The van der Waals surface area contributed by atoms with Gasteiger partial charge in [0.15, 0.2) is 0 Å². The average molecular weight is 388 g/mol. The Balaban J connectivity index is 1.74. The Bertz CT molecular complexity index is 790. The van der Waals surface area contributed by atoms with Crippen LogP contribution in [0.1, 0.15) is 26.5 Å². The lowest BCUT2D eigenvalue weighted by molar-refractivity contribution is -0.385. The van der Waals surface area contributed by atoms with E-state index in [0.29, 0.717) is 30.2 Å². The molecule has 2 aromatic heterocycles. The first-order valence-corrected chi connectivity index (χ1v) is 8.30. The number of aryl methyl sites for hydroxylation is 1. The number of alkyl halides is 3. The van der Waals surface area contributed by atoms with Gasteiger partial charge in [-0.2, -0.15) is 13.2 Å². The lowest BCUT2D eigenvalue weighted by atomic mass is 10.3. The van der Waals surface area contributed by atoms with Crippen LogP contribution in [0.25, 0.3) is 0 Å². The number of hydrogen-bond acceptors (Lipinski definition) is 6. The fourth-order valence-corrected chi connectivity index (χ4v) is 2.93. The largest absolute Gasteiger partial charge is 0.417 e. The maximum absolute atomic E-state index is 12.4. The van der Waals surface area contributed by atoms with E-state index in [2.05, 4.69) is 15.6 Å². The van der Waals surface area contributed by atoms with Crippen LogP contribution in [0.5, 0.6) is 0 Å². The summed E-state index contributed by atoms with van der Waals surface area (Å²) in [5.74, 6) is -0.104. The zero-order valence-electron chi connectivity index (χ0n) is 13.6. The monoisotopic (exact) mass is 388 g/mol. The molecule has 0 saturated carbocycles. The van der Waals surface area contributed by atoms with Crippen molar-refractivity contribution in [3.63, 3.8) is 0 Å². The second kappa shape index (κ2) is 8.13. The minimum Gasteiger partial charge on any atom is -0.370 e. The molecule has 2 rings (SSSR count). The first-order chi connectivity index (χ1) is 12.2. The van der Waals surface area contributed by atoms with Crippen molar-refractivity contribution in [2.75, 3.05) is 18.4 Å². The number of nitro groups is 1. The summed E-state index contributed by atoms with van der Waals surface area (Å²) in [4.78, 5) is 26.6. The normalized spacial score (nSPS) is 11.2. The number of nitrogens with zero attached hydrogens (tertiary/aromatic N) is 2. The van der Waals surface area contributed by atoms with Crippen molar-refractivity contribution in [3.05, 3.63) is 49.8 Å². The summed E-state index contributed by atoms with van der Waals surface area (Å²) >= 11 is 1.04. The molecule has 0 fully saturated rings. The zero-order valence-corrected chi connectivity index (χ0v) is 14.4. The molecule has 0 atom stereocenters. The fraction of sp³-hybridized carbons (Fsp3) is 0.333. The van der Waals surface area contributed by atoms with Gasteiger partial charge >= 0.3 is 6.18 Å². The van der Waals surface area contributed by atoms with Crippen LogP contribution in [0.4, 0.5) is 24.7 Å². The summed E-state index contributed by atoms with van der Waals surface area (Å²) < 4.78 is 37.3. The van der Waals surface area contributed by atoms with Gasteiger partial charge in [0.1, 0.15) is 5.82 Å². The summed E-state index contributed by atoms with van der Waals surface area (Å²) in [6, 6.07) is 3.40. The van der Waals surface area contributed by atoms with E-state index in [0.717, 1.165) is 23.6 Å². The van der Waals surface area contributed by atoms with Crippen molar-refractivity contribution in [2.45, 2.75) is 19.5 Å². The topological polar surface area (TPSA) is 97.2 Å². The number of carbonyl (C=O) groups is 1. The van der Waals surface area contributed by atoms with E-state index in [9.17, 15) is 28.1 Å². The molecule has 0 aliphatic heterocycles. The molecule has 11 heteroatoms. The molecule has 0 bridgehead atoms. The van der Waals surface area contributed by atoms with E-state index in [-0.39, 0.29) is 10.6 Å². The van der Waals surface area contributed by atoms with E-state index < -0.39 is 22.6 Å². The molecule has 0 radical (unpaired) electrons. The third-order valence-electron chi connectivity index (χ3n) is 3.35. The standard InChI is InChI=1S/C15H15F3N4O3S/c1-9-11(22(24)25)7-12(26-9)14(23)20-6-2-5-19-13-4-3-10(8-21-13)15(16,17)18/h3-4,7-8H,2,5-6H2,1H3,(H,19,21)(H,20,23). The zero-order chi connectivity index (χ0) is 19.3. The van der Waals surface area contributed by atoms with E-state index >= 15 is 0 Å². The maximum Gasteiger partial charge on any atom is 0.417 e. The number of rotatable bonds is 7. The summed E-state index contributed by atoms with van der Waals surface area (Å²) in [6.07, 6.45) is -3.18. The maximum atomic E-state index is 12.4. The number of pyridine rings is 1. The molecule has 0 saturated heterocycles. The van der Waals surface area contributed by atoms with Gasteiger partial charge < -0.3 is 10.6 Å². The van der Waals surface area contributed by atoms with Crippen LogP contribution >= 0.6 is 11.3 Å². The number of hydrogen-bond donors (Lipinski definition) is 2. The smallest absolute Gasteiger partial charge is 0.370 e. The van der Waals surface area contributed by atoms with E-state index in [1.165, 1.54) is 12.1 Å². The first kappa shape index (κ1) is 19.6. The second-order valence-electron chi connectivity index (χ2n) is 5.28. The Morgan fingerprint density at radius 1 is 1.35 bits per heavy atom. The Morgan fingerprint density at radius 3 is 2.62 bits per heavy atom. The second-order valence-corrected chi connectivity index (χ2v) is 6.53.